The van der Waals surface area contributed by atoms with E-state index in [1.54, 1.807) is 12.1 Å². The fraction of sp³-hybridized carbons (Fsp3) is 0.235. The monoisotopic (exact) mass is 284 g/mol. The van der Waals surface area contributed by atoms with Crippen LogP contribution in [0.1, 0.15) is 24.9 Å². The minimum atomic E-state index is -0.558. The number of anilines is 1. The summed E-state index contributed by atoms with van der Waals surface area (Å²) in [6, 6.07) is 15.1. The first kappa shape index (κ1) is 14.9. The molecular formula is C17H17FN2O. The molecule has 0 saturated heterocycles. The zero-order chi connectivity index (χ0) is 15.1. The minimum Gasteiger partial charge on any atom is -0.494 e. The molecule has 0 aromatic heterocycles. The van der Waals surface area contributed by atoms with Gasteiger partial charge in [-0.25, -0.2) is 4.39 Å². The van der Waals surface area contributed by atoms with Crippen molar-refractivity contribution in [3.05, 3.63) is 59.9 Å². The average molecular weight is 284 g/mol. The molecule has 108 valence electrons. The Morgan fingerprint density at radius 2 is 2.05 bits per heavy atom. The van der Waals surface area contributed by atoms with E-state index in [1.165, 1.54) is 12.1 Å². The van der Waals surface area contributed by atoms with E-state index < -0.39 is 6.04 Å². The standard InChI is InChI=1S/C17H17FN2O/c1-2-9-21-16-8-3-5-13(10-16)17(12-19)20-15-7-4-6-14(18)11-15/h3-8,10-11,17,20H,2,9H2,1H3. The second-order valence-corrected chi connectivity index (χ2v) is 4.64. The number of rotatable bonds is 6. The number of nitrogens with one attached hydrogen (secondary N) is 1. The Morgan fingerprint density at radius 3 is 2.76 bits per heavy atom. The summed E-state index contributed by atoms with van der Waals surface area (Å²) in [6.45, 7) is 2.67. The second-order valence-electron chi connectivity index (χ2n) is 4.64. The van der Waals surface area contributed by atoms with E-state index >= 15 is 0 Å². The number of hydrogen-bond donors (Lipinski definition) is 1. The van der Waals surface area contributed by atoms with E-state index in [0.29, 0.717) is 12.3 Å². The predicted octanol–water partition coefficient (Wildman–Crippen LogP) is 4.29. The van der Waals surface area contributed by atoms with Gasteiger partial charge in [-0.15, -0.1) is 0 Å². The molecule has 3 nitrogen and oxygen atoms in total. The molecule has 1 N–H and O–H groups in total. The van der Waals surface area contributed by atoms with Crippen molar-refractivity contribution < 1.29 is 9.13 Å². The molecule has 0 spiro atoms. The summed E-state index contributed by atoms with van der Waals surface area (Å²) in [5.41, 5.74) is 1.36. The topological polar surface area (TPSA) is 45.0 Å². The highest BCUT2D eigenvalue weighted by Gasteiger charge is 2.11. The van der Waals surface area contributed by atoms with Crippen molar-refractivity contribution in [2.45, 2.75) is 19.4 Å². The number of nitrogens with zero attached hydrogens (tertiary/aromatic N) is 1. The van der Waals surface area contributed by atoms with Crippen molar-refractivity contribution in [3.8, 4) is 11.8 Å². The van der Waals surface area contributed by atoms with Crippen LogP contribution in [0.15, 0.2) is 48.5 Å². The Labute approximate surface area is 124 Å². The lowest BCUT2D eigenvalue weighted by molar-refractivity contribution is 0.317. The molecule has 0 bridgehead atoms. The largest absolute Gasteiger partial charge is 0.494 e. The molecule has 0 aliphatic heterocycles. The van der Waals surface area contributed by atoms with Crippen LogP contribution in [0.3, 0.4) is 0 Å². The van der Waals surface area contributed by atoms with Gasteiger partial charge in [0.25, 0.3) is 0 Å². The zero-order valence-corrected chi connectivity index (χ0v) is 11.8. The Balaban J connectivity index is 2.16. The lowest BCUT2D eigenvalue weighted by Gasteiger charge is -2.14. The molecular weight excluding hydrogens is 267 g/mol. The summed E-state index contributed by atoms with van der Waals surface area (Å²) >= 11 is 0. The van der Waals surface area contributed by atoms with Gasteiger partial charge in [-0.3, -0.25) is 0 Å². The molecule has 1 unspecified atom stereocenters. The summed E-state index contributed by atoms with van der Waals surface area (Å²) in [7, 11) is 0. The van der Waals surface area contributed by atoms with Gasteiger partial charge in [-0.05, 0) is 42.3 Å². The number of ether oxygens (including phenoxy) is 1. The maximum absolute atomic E-state index is 13.2. The highest BCUT2D eigenvalue weighted by molar-refractivity contribution is 5.48. The third kappa shape index (κ3) is 4.22. The fourth-order valence-corrected chi connectivity index (χ4v) is 1.94. The average Bonchev–Trinajstić information content (AvgIpc) is 2.51. The number of hydrogen-bond acceptors (Lipinski definition) is 3. The van der Waals surface area contributed by atoms with Crippen LogP contribution in [0.5, 0.6) is 5.75 Å². The van der Waals surface area contributed by atoms with Gasteiger partial charge >= 0.3 is 0 Å². The molecule has 0 radical (unpaired) electrons. The Kier molecular flexibility index (Phi) is 5.16. The van der Waals surface area contributed by atoms with Crippen molar-refractivity contribution in [1.82, 2.24) is 0 Å². The minimum absolute atomic E-state index is 0.336. The lowest BCUT2D eigenvalue weighted by atomic mass is 10.1. The van der Waals surface area contributed by atoms with Crippen LogP contribution in [-0.4, -0.2) is 6.61 Å². The van der Waals surface area contributed by atoms with Crippen molar-refractivity contribution >= 4 is 5.69 Å². The maximum Gasteiger partial charge on any atom is 0.140 e. The van der Waals surface area contributed by atoms with Crippen molar-refractivity contribution in [2.75, 3.05) is 11.9 Å². The van der Waals surface area contributed by atoms with E-state index in [-0.39, 0.29) is 5.82 Å². The molecule has 0 fully saturated rings. The predicted molar refractivity (Wildman–Crippen MR) is 80.6 cm³/mol. The van der Waals surface area contributed by atoms with Crippen LogP contribution in [0.4, 0.5) is 10.1 Å². The summed E-state index contributed by atoms with van der Waals surface area (Å²) in [4.78, 5) is 0. The third-order valence-electron chi connectivity index (χ3n) is 2.93. The molecule has 0 aliphatic rings. The van der Waals surface area contributed by atoms with Crippen molar-refractivity contribution in [1.29, 1.82) is 5.26 Å². The van der Waals surface area contributed by atoms with E-state index in [0.717, 1.165) is 17.7 Å². The summed E-state index contributed by atoms with van der Waals surface area (Å²) < 4.78 is 18.7. The van der Waals surface area contributed by atoms with Crippen LogP contribution in [0.2, 0.25) is 0 Å². The molecule has 0 aliphatic carbocycles. The van der Waals surface area contributed by atoms with Crippen LogP contribution in [0, 0.1) is 17.1 Å². The molecule has 0 saturated carbocycles. The van der Waals surface area contributed by atoms with Gasteiger partial charge in [0.15, 0.2) is 0 Å². The molecule has 21 heavy (non-hydrogen) atoms. The van der Waals surface area contributed by atoms with Crippen molar-refractivity contribution in [3.63, 3.8) is 0 Å². The molecule has 2 aromatic carbocycles. The normalized spacial score (nSPS) is 11.5. The number of nitriles is 1. The highest BCUT2D eigenvalue weighted by Crippen LogP contribution is 2.23. The van der Waals surface area contributed by atoms with Crippen LogP contribution >= 0.6 is 0 Å². The van der Waals surface area contributed by atoms with Gasteiger partial charge in [0, 0.05) is 5.69 Å². The van der Waals surface area contributed by atoms with Crippen LogP contribution in [-0.2, 0) is 0 Å². The molecule has 0 heterocycles. The summed E-state index contributed by atoms with van der Waals surface area (Å²) in [5, 5.41) is 12.3. The van der Waals surface area contributed by atoms with E-state index in [9.17, 15) is 9.65 Å². The lowest BCUT2D eigenvalue weighted by Crippen LogP contribution is -2.09. The van der Waals surface area contributed by atoms with Crippen molar-refractivity contribution in [2.24, 2.45) is 0 Å². The smallest absolute Gasteiger partial charge is 0.140 e. The highest BCUT2D eigenvalue weighted by atomic mass is 19.1. The SMILES string of the molecule is CCCOc1cccc(C(C#N)Nc2cccc(F)c2)c1. The van der Waals surface area contributed by atoms with E-state index in [4.69, 9.17) is 4.74 Å². The quantitative estimate of drug-likeness (QED) is 0.860. The summed E-state index contributed by atoms with van der Waals surface area (Å²) in [6.07, 6.45) is 0.924. The van der Waals surface area contributed by atoms with E-state index in [1.807, 2.05) is 31.2 Å². The Morgan fingerprint density at radius 1 is 1.24 bits per heavy atom. The zero-order valence-electron chi connectivity index (χ0n) is 11.8. The Hall–Kier alpha value is -2.54. The van der Waals surface area contributed by atoms with Crippen LogP contribution < -0.4 is 10.1 Å². The van der Waals surface area contributed by atoms with Gasteiger partial charge < -0.3 is 10.1 Å². The molecule has 2 rings (SSSR count). The number of halogens is 1. The van der Waals surface area contributed by atoms with Gasteiger partial charge in [0.1, 0.15) is 17.6 Å². The van der Waals surface area contributed by atoms with Gasteiger partial charge in [0.2, 0.25) is 0 Å². The molecule has 0 amide bonds. The third-order valence-corrected chi connectivity index (χ3v) is 2.93. The van der Waals surface area contributed by atoms with E-state index in [2.05, 4.69) is 11.4 Å². The van der Waals surface area contributed by atoms with Gasteiger partial charge in [0.05, 0.1) is 12.7 Å². The van der Waals surface area contributed by atoms with Gasteiger partial charge in [-0.1, -0.05) is 25.1 Å². The second kappa shape index (κ2) is 7.30. The van der Waals surface area contributed by atoms with Gasteiger partial charge in [-0.2, -0.15) is 5.26 Å². The fourth-order valence-electron chi connectivity index (χ4n) is 1.94. The Bertz CT molecular complexity index is 637. The molecule has 1 atom stereocenters. The summed E-state index contributed by atoms with van der Waals surface area (Å²) in [5.74, 6) is 0.396. The maximum atomic E-state index is 13.2. The number of benzene rings is 2. The molecule has 4 heteroatoms. The van der Waals surface area contributed by atoms with Crippen LogP contribution in [0.25, 0.3) is 0 Å². The first-order chi connectivity index (χ1) is 10.2. The molecule has 2 aromatic rings. The first-order valence-corrected chi connectivity index (χ1v) is 6.87. The first-order valence-electron chi connectivity index (χ1n) is 6.87.